The first kappa shape index (κ1) is 49.8. The largest absolute Gasteiger partial charge is 0.509 e. The molecule has 0 aliphatic carbocycles. The maximum atomic E-state index is 9.29. The van der Waals surface area contributed by atoms with Crippen molar-refractivity contribution in [2.45, 2.75) is 131 Å². The molecule has 0 saturated carbocycles. The number of para-hydroxylation sites is 3. The predicted octanol–water partition coefficient (Wildman–Crippen LogP) is 20.5. The van der Waals surface area contributed by atoms with Gasteiger partial charge < -0.3 is 19.1 Å². The van der Waals surface area contributed by atoms with Crippen molar-refractivity contribution in [2.24, 2.45) is 0 Å². The Labute approximate surface area is 498 Å². The molecule has 80 heavy (non-hydrogen) atoms. The summed E-state index contributed by atoms with van der Waals surface area (Å²) in [7, 11) is 0. The molecule has 1 aliphatic heterocycles. The summed E-state index contributed by atoms with van der Waals surface area (Å²) in [4.78, 5) is 9.15. The average molecular weight is 1240 g/mol. The predicted molar refractivity (Wildman–Crippen MR) is 334 cm³/mol. The summed E-state index contributed by atoms with van der Waals surface area (Å²) in [5.74, 6) is 1.78. The van der Waals surface area contributed by atoms with Gasteiger partial charge in [0, 0.05) is 72.5 Å². The normalized spacial score (nSPS) is 14.1. The number of hydrogen-bond acceptors (Lipinski definition) is 4. The second-order valence-electron chi connectivity index (χ2n) is 26.5. The topological polar surface area (TPSA) is 33.5 Å². The summed E-state index contributed by atoms with van der Waals surface area (Å²) >= 11 is 0. The number of ether oxygens (including phenoxy) is 1. The molecule has 10 aromatic rings. The third-order valence-electron chi connectivity index (χ3n) is 15.4. The van der Waals surface area contributed by atoms with Crippen molar-refractivity contribution in [3.8, 4) is 50.7 Å². The molecule has 11 rings (SSSR count). The first-order valence-corrected chi connectivity index (χ1v) is 27.6. The molecule has 0 saturated heterocycles. The summed E-state index contributed by atoms with van der Waals surface area (Å²) in [6.45, 7) is 35.6. The van der Waals surface area contributed by atoms with Gasteiger partial charge in [-0.1, -0.05) is 218 Å². The molecule has 0 amide bonds. The molecule has 5 nitrogen and oxygen atoms in total. The van der Waals surface area contributed by atoms with E-state index in [-0.39, 0.29) is 65.8 Å². The molecule has 6 heteroatoms. The Morgan fingerprint density at radius 2 is 1.01 bits per heavy atom. The fourth-order valence-electron chi connectivity index (χ4n) is 10.6. The molecule has 0 fully saturated rings. The second kappa shape index (κ2) is 20.7. The molecule has 0 radical (unpaired) electrons. The standard InChI is InChI=1S/C74H75N4O.Pt/c1-70(2,3)52-35-36-75-68(44-52)78-64-34-31-49(50-37-53(71(4,5)6)42-54(38-50)72(7,8)9)41-63(64)62-33-32-59(46-67(62)78)79-58-26-21-25-57(45-58)76-47-77(66-30-20-19-29-65(66)76)69-60(48-23-17-16-18-24-48)27-22-28-61(69)51-39-55(73(10,11)12)43-56(40-51)74(13,14)15;/h16-44,47H,1-15H3;/q-3;/i16D,17D,18D,23D,24D;. The Bertz CT molecular complexity index is 4170. The van der Waals surface area contributed by atoms with E-state index in [1.807, 2.05) is 67.5 Å². The van der Waals surface area contributed by atoms with Crippen LogP contribution in [0.4, 0.5) is 22.7 Å². The minimum atomic E-state index is -0.439. The molecule has 0 spiro atoms. The van der Waals surface area contributed by atoms with Crippen LogP contribution >= 0.6 is 0 Å². The van der Waals surface area contributed by atoms with Crippen LogP contribution in [0.5, 0.6) is 11.5 Å². The van der Waals surface area contributed by atoms with E-state index in [1.54, 1.807) is 0 Å². The Kier molecular flexibility index (Phi) is 12.9. The molecule has 0 unspecified atom stereocenters. The number of nitrogens with zero attached hydrogens (tertiary/aromatic N) is 4. The van der Waals surface area contributed by atoms with E-state index < -0.39 is 18.1 Å². The number of fused-ring (bicyclic) bond motifs is 4. The van der Waals surface area contributed by atoms with Gasteiger partial charge in [-0.2, -0.15) is 12.1 Å². The smallest absolute Gasteiger partial charge is 0.135 e. The zero-order valence-electron chi connectivity index (χ0n) is 53.9. The molecular formula is C74H75N4OPt-3. The summed E-state index contributed by atoms with van der Waals surface area (Å²) < 4.78 is 53.8. The minimum absolute atomic E-state index is 0. The van der Waals surface area contributed by atoms with Gasteiger partial charge in [0.1, 0.15) is 5.82 Å². The van der Waals surface area contributed by atoms with Gasteiger partial charge in [0.2, 0.25) is 0 Å². The van der Waals surface area contributed by atoms with Crippen LogP contribution in [0.3, 0.4) is 0 Å². The fraction of sp³-hybridized carbons (Fsp3) is 0.270. The van der Waals surface area contributed by atoms with Crippen molar-refractivity contribution in [1.29, 1.82) is 0 Å². The quantitative estimate of drug-likeness (QED) is 0.142. The minimum Gasteiger partial charge on any atom is -0.509 e. The van der Waals surface area contributed by atoms with Crippen molar-refractivity contribution < 1.29 is 32.7 Å². The van der Waals surface area contributed by atoms with Gasteiger partial charge in [0.15, 0.2) is 0 Å². The van der Waals surface area contributed by atoms with Gasteiger partial charge in [-0.15, -0.1) is 48.1 Å². The Balaban J connectivity index is 0.00000803. The fourth-order valence-corrected chi connectivity index (χ4v) is 10.6. The molecule has 8 aromatic carbocycles. The Hall–Kier alpha value is -7.20. The van der Waals surface area contributed by atoms with Crippen LogP contribution in [0.1, 0.15) is 139 Å². The Morgan fingerprint density at radius 1 is 0.463 bits per heavy atom. The SMILES string of the molecule is [2H]c1c([2H])c([2H])c(-c2cccc(-c3cc(C(C)(C)C)cc(C(C)(C)C)c3)c2N2[CH-]N(c3[c-]c(Oc4[c-]c5c(cc4)c4cc(-c6cc(C(C)(C)C)cc(C(C)(C)C)c6)ccc4n5-c4cc(C(C)(C)C)ccn4)ccc3)c3ccccc32)c([2H])c1[2H].[Pt]. The first-order valence-electron chi connectivity index (χ1n) is 30.1. The molecule has 410 valence electrons. The van der Waals surface area contributed by atoms with Gasteiger partial charge in [0.05, 0.1) is 6.85 Å². The number of anilines is 4. The van der Waals surface area contributed by atoms with E-state index in [0.717, 1.165) is 66.8 Å². The Morgan fingerprint density at radius 3 is 1.61 bits per heavy atom. The third-order valence-corrected chi connectivity index (χ3v) is 15.4. The monoisotopic (exact) mass is 1240 g/mol. The van der Waals surface area contributed by atoms with Crippen LogP contribution in [0.2, 0.25) is 0 Å². The van der Waals surface area contributed by atoms with Gasteiger partial charge in [-0.25, -0.2) is 4.98 Å². The summed E-state index contributed by atoms with van der Waals surface area (Å²) in [6, 6.07) is 54.3. The second-order valence-corrected chi connectivity index (χ2v) is 26.5. The van der Waals surface area contributed by atoms with Crippen LogP contribution in [-0.4, -0.2) is 9.55 Å². The van der Waals surface area contributed by atoms with Crippen molar-refractivity contribution in [3.63, 3.8) is 0 Å². The number of rotatable bonds is 8. The zero-order valence-corrected chi connectivity index (χ0v) is 51.2. The van der Waals surface area contributed by atoms with E-state index in [4.69, 9.17) is 13.8 Å². The maximum Gasteiger partial charge on any atom is 0.135 e. The molecule has 1 aliphatic rings. The third kappa shape index (κ3) is 10.9. The number of hydrogen-bond donors (Lipinski definition) is 0. The van der Waals surface area contributed by atoms with Crippen LogP contribution in [0.25, 0.3) is 61.0 Å². The van der Waals surface area contributed by atoms with Crippen LogP contribution in [0.15, 0.2) is 176 Å². The summed E-state index contributed by atoms with van der Waals surface area (Å²) in [5, 5.41) is 2.11. The summed E-state index contributed by atoms with van der Waals surface area (Å²) in [6.07, 6.45) is 1.89. The van der Waals surface area contributed by atoms with E-state index in [9.17, 15) is 2.74 Å². The van der Waals surface area contributed by atoms with Crippen LogP contribution < -0.4 is 14.5 Å². The van der Waals surface area contributed by atoms with Crippen molar-refractivity contribution in [3.05, 3.63) is 223 Å². The van der Waals surface area contributed by atoms with E-state index >= 15 is 0 Å². The van der Waals surface area contributed by atoms with Crippen molar-refractivity contribution in [2.75, 3.05) is 9.80 Å². The molecule has 0 N–H and O–H groups in total. The number of benzene rings is 8. The zero-order chi connectivity index (χ0) is 60.3. The number of aromatic nitrogens is 2. The van der Waals surface area contributed by atoms with Gasteiger partial charge in [-0.05, 0) is 113 Å². The first-order chi connectivity index (χ1) is 39.4. The van der Waals surface area contributed by atoms with Crippen LogP contribution in [-0.2, 0) is 48.1 Å². The van der Waals surface area contributed by atoms with E-state index in [0.29, 0.717) is 28.4 Å². The van der Waals surface area contributed by atoms with Gasteiger partial charge >= 0.3 is 0 Å². The van der Waals surface area contributed by atoms with Crippen molar-refractivity contribution in [1.82, 2.24) is 9.55 Å². The molecule has 3 heterocycles. The number of pyridine rings is 1. The molecule has 0 atom stereocenters. The van der Waals surface area contributed by atoms with Gasteiger partial charge in [-0.3, -0.25) is 0 Å². The van der Waals surface area contributed by atoms with Crippen molar-refractivity contribution >= 4 is 44.6 Å². The molecule has 2 aromatic heterocycles. The van der Waals surface area contributed by atoms with Gasteiger partial charge in [0.25, 0.3) is 0 Å². The van der Waals surface area contributed by atoms with Crippen LogP contribution in [0, 0.1) is 18.8 Å². The van der Waals surface area contributed by atoms with E-state index in [2.05, 4.69) is 215 Å². The summed E-state index contributed by atoms with van der Waals surface area (Å²) in [5.41, 5.74) is 15.2. The maximum absolute atomic E-state index is 9.29. The average Bonchev–Trinajstić information content (AvgIpc) is 1.78. The molecular weight excluding hydrogens is 1160 g/mol. The van der Waals surface area contributed by atoms with E-state index in [1.165, 1.54) is 22.3 Å². The molecule has 0 bridgehead atoms.